The lowest BCUT2D eigenvalue weighted by Crippen LogP contribution is -2.25. The van der Waals surface area contributed by atoms with Crippen LogP contribution < -0.4 is 11.1 Å². The predicted octanol–water partition coefficient (Wildman–Crippen LogP) is 4.59. The molecule has 1 saturated carbocycles. The number of hydrogen-bond acceptors (Lipinski definition) is 8. The Kier molecular flexibility index (Phi) is 5.79. The molecule has 4 aromatic rings. The molecule has 4 aromatic heterocycles. The van der Waals surface area contributed by atoms with Gasteiger partial charge in [0.15, 0.2) is 5.01 Å². The van der Waals surface area contributed by atoms with Gasteiger partial charge in [-0.15, -0.1) is 10.2 Å². The lowest BCUT2D eigenvalue weighted by atomic mass is 9.87. The van der Waals surface area contributed by atoms with Crippen molar-refractivity contribution in [2.75, 3.05) is 5.32 Å². The van der Waals surface area contributed by atoms with Crippen LogP contribution in [-0.2, 0) is 0 Å². The number of nitrogens with zero attached hydrogens (tertiary/aromatic N) is 6. The zero-order chi connectivity index (χ0) is 22.9. The van der Waals surface area contributed by atoms with Crippen molar-refractivity contribution in [3.63, 3.8) is 0 Å². The van der Waals surface area contributed by atoms with Gasteiger partial charge in [0.05, 0.1) is 34.2 Å². The molecule has 0 spiro atoms. The van der Waals surface area contributed by atoms with E-state index >= 15 is 0 Å². The Bertz CT molecular complexity index is 1320. The number of nitrogens with one attached hydrogen (secondary N) is 1. The molecule has 9 heteroatoms. The summed E-state index contributed by atoms with van der Waals surface area (Å²) in [5.74, 6) is 0.446. The molecule has 5 rings (SSSR count). The molecule has 1 aliphatic carbocycles. The molecule has 1 fully saturated rings. The fraction of sp³-hybridized carbons (Fsp3) is 0.375. The lowest BCUT2D eigenvalue weighted by Gasteiger charge is -2.23. The highest BCUT2D eigenvalue weighted by atomic mass is 32.1. The number of nitriles is 1. The van der Waals surface area contributed by atoms with Gasteiger partial charge in [0.1, 0.15) is 11.1 Å². The van der Waals surface area contributed by atoms with Gasteiger partial charge in [-0.25, -0.2) is 4.52 Å². The smallest absolute Gasteiger partial charge is 0.151 e. The molecular weight excluding hydrogens is 432 g/mol. The molecule has 0 aliphatic heterocycles. The number of anilines is 1. The number of hydrogen-bond donors (Lipinski definition) is 2. The molecule has 168 valence electrons. The Morgan fingerprint density at radius 3 is 2.73 bits per heavy atom. The zero-order valence-electron chi connectivity index (χ0n) is 18.7. The number of aromatic nitrogens is 5. The van der Waals surface area contributed by atoms with Crippen LogP contribution >= 0.6 is 11.3 Å². The second-order valence-electron chi connectivity index (χ2n) is 8.88. The highest BCUT2D eigenvalue weighted by Gasteiger charge is 2.24. The second kappa shape index (κ2) is 8.89. The lowest BCUT2D eigenvalue weighted by molar-refractivity contribution is 0.393. The molecule has 0 aromatic carbocycles. The standard InChI is InChI=1S/C24H26N8S/c1-14(2)29-20-10-21(22-8-7-18-9-15(11-25)12-28-32(18)22)27-13-19(20)24-31-30-23(33-24)16-3-5-17(26)6-4-16/h7-10,12-14,16-17H,3-6,26H2,1-2H3,(H,27,29). The van der Waals surface area contributed by atoms with Crippen LogP contribution in [0, 0.1) is 11.3 Å². The Hall–Kier alpha value is -3.35. The van der Waals surface area contributed by atoms with Crippen molar-refractivity contribution in [3.05, 3.63) is 47.2 Å². The minimum absolute atomic E-state index is 0.242. The molecule has 4 heterocycles. The van der Waals surface area contributed by atoms with E-state index in [9.17, 15) is 0 Å². The van der Waals surface area contributed by atoms with Gasteiger partial charge in [-0.2, -0.15) is 10.4 Å². The van der Waals surface area contributed by atoms with Crippen LogP contribution in [0.4, 0.5) is 5.69 Å². The Labute approximate surface area is 196 Å². The maximum Gasteiger partial charge on any atom is 0.151 e. The minimum Gasteiger partial charge on any atom is -0.382 e. The summed E-state index contributed by atoms with van der Waals surface area (Å²) in [6.07, 6.45) is 7.68. The van der Waals surface area contributed by atoms with Crippen molar-refractivity contribution < 1.29 is 0 Å². The van der Waals surface area contributed by atoms with Crippen LogP contribution in [0.25, 0.3) is 27.5 Å². The van der Waals surface area contributed by atoms with E-state index in [4.69, 9.17) is 16.0 Å². The molecule has 0 amide bonds. The highest BCUT2D eigenvalue weighted by molar-refractivity contribution is 7.14. The average molecular weight is 459 g/mol. The number of pyridine rings is 1. The van der Waals surface area contributed by atoms with Crippen molar-refractivity contribution in [2.45, 2.75) is 57.5 Å². The van der Waals surface area contributed by atoms with Crippen LogP contribution in [0.3, 0.4) is 0 Å². The molecule has 3 N–H and O–H groups in total. The monoisotopic (exact) mass is 458 g/mol. The summed E-state index contributed by atoms with van der Waals surface area (Å²) in [6, 6.07) is 10.5. The van der Waals surface area contributed by atoms with Crippen LogP contribution in [0.5, 0.6) is 0 Å². The first-order valence-electron chi connectivity index (χ1n) is 11.3. The van der Waals surface area contributed by atoms with Gasteiger partial charge in [0, 0.05) is 29.9 Å². The van der Waals surface area contributed by atoms with E-state index in [1.807, 2.05) is 30.5 Å². The first-order valence-corrected chi connectivity index (χ1v) is 12.1. The van der Waals surface area contributed by atoms with Crippen molar-refractivity contribution in [1.29, 1.82) is 5.26 Å². The maximum atomic E-state index is 9.14. The third kappa shape index (κ3) is 4.32. The first-order chi connectivity index (χ1) is 16.0. The summed E-state index contributed by atoms with van der Waals surface area (Å²) in [5, 5.41) is 28.1. The first kappa shape index (κ1) is 21.5. The number of rotatable bonds is 5. The summed E-state index contributed by atoms with van der Waals surface area (Å²) in [7, 11) is 0. The number of fused-ring (bicyclic) bond motifs is 1. The fourth-order valence-corrected chi connectivity index (χ4v) is 5.36. The SMILES string of the molecule is CC(C)Nc1cc(-c2ccc3cc(C#N)cnn23)ncc1-c1nnc(C2CCC(N)CC2)s1. The van der Waals surface area contributed by atoms with E-state index in [1.54, 1.807) is 22.0 Å². The van der Waals surface area contributed by atoms with E-state index in [2.05, 4.69) is 40.5 Å². The maximum absolute atomic E-state index is 9.14. The molecule has 0 bridgehead atoms. The summed E-state index contributed by atoms with van der Waals surface area (Å²) < 4.78 is 1.80. The minimum atomic E-state index is 0.242. The number of nitrogens with two attached hydrogens (primary N) is 1. The van der Waals surface area contributed by atoms with Crippen LogP contribution in [0.2, 0.25) is 0 Å². The molecule has 0 unspecified atom stereocenters. The van der Waals surface area contributed by atoms with E-state index in [-0.39, 0.29) is 6.04 Å². The van der Waals surface area contributed by atoms with Crippen LogP contribution in [-0.4, -0.2) is 36.9 Å². The van der Waals surface area contributed by atoms with E-state index in [0.717, 1.165) is 63.9 Å². The predicted molar refractivity (Wildman–Crippen MR) is 130 cm³/mol. The van der Waals surface area contributed by atoms with Crippen molar-refractivity contribution in [3.8, 4) is 28.0 Å². The van der Waals surface area contributed by atoms with Crippen molar-refractivity contribution in [1.82, 2.24) is 24.8 Å². The van der Waals surface area contributed by atoms with Gasteiger partial charge in [-0.1, -0.05) is 11.3 Å². The van der Waals surface area contributed by atoms with E-state index in [1.165, 1.54) is 0 Å². The Balaban J connectivity index is 1.50. The highest BCUT2D eigenvalue weighted by Crippen LogP contribution is 2.38. The van der Waals surface area contributed by atoms with Crippen LogP contribution in [0.15, 0.2) is 36.7 Å². The van der Waals surface area contributed by atoms with Gasteiger partial charge < -0.3 is 11.1 Å². The summed E-state index contributed by atoms with van der Waals surface area (Å²) >= 11 is 1.65. The average Bonchev–Trinajstić information content (AvgIpc) is 3.46. The molecular formula is C24H26N8S. The van der Waals surface area contributed by atoms with Crippen molar-refractivity contribution in [2.24, 2.45) is 5.73 Å². The van der Waals surface area contributed by atoms with Gasteiger partial charge >= 0.3 is 0 Å². The van der Waals surface area contributed by atoms with Gasteiger partial charge in [0.25, 0.3) is 0 Å². The quantitative estimate of drug-likeness (QED) is 0.449. The normalized spacial score (nSPS) is 18.5. The van der Waals surface area contributed by atoms with Gasteiger partial charge in [-0.3, -0.25) is 4.98 Å². The largest absolute Gasteiger partial charge is 0.382 e. The molecule has 8 nitrogen and oxygen atoms in total. The molecule has 0 saturated heterocycles. The molecule has 0 atom stereocenters. The topological polar surface area (TPSA) is 118 Å². The Morgan fingerprint density at radius 2 is 1.97 bits per heavy atom. The molecule has 33 heavy (non-hydrogen) atoms. The summed E-state index contributed by atoms with van der Waals surface area (Å²) in [5.41, 5.74) is 11.0. The summed E-state index contributed by atoms with van der Waals surface area (Å²) in [6.45, 7) is 4.22. The van der Waals surface area contributed by atoms with Crippen LogP contribution in [0.1, 0.15) is 56.0 Å². The van der Waals surface area contributed by atoms with E-state index in [0.29, 0.717) is 17.5 Å². The van der Waals surface area contributed by atoms with Gasteiger partial charge in [0.2, 0.25) is 0 Å². The molecule has 1 aliphatic rings. The van der Waals surface area contributed by atoms with Gasteiger partial charge in [-0.05, 0) is 63.8 Å². The summed E-state index contributed by atoms with van der Waals surface area (Å²) in [4.78, 5) is 4.75. The third-order valence-electron chi connectivity index (χ3n) is 6.03. The zero-order valence-corrected chi connectivity index (χ0v) is 19.5. The third-order valence-corrected chi connectivity index (χ3v) is 7.15. The Morgan fingerprint density at radius 1 is 1.15 bits per heavy atom. The fourth-order valence-electron chi connectivity index (χ4n) is 4.33. The molecule has 0 radical (unpaired) electrons. The van der Waals surface area contributed by atoms with Crippen molar-refractivity contribution >= 4 is 22.5 Å². The second-order valence-corrected chi connectivity index (χ2v) is 9.89. The van der Waals surface area contributed by atoms with E-state index < -0.39 is 0 Å².